The van der Waals surface area contributed by atoms with Gasteiger partial charge in [-0.05, 0) is 26.5 Å². The Bertz CT molecular complexity index is 208. The van der Waals surface area contributed by atoms with Crippen LogP contribution in [0.1, 0.15) is 46.5 Å². The van der Waals surface area contributed by atoms with Crippen molar-refractivity contribution >= 4 is 41.7 Å². The molecule has 0 atom stereocenters. The summed E-state index contributed by atoms with van der Waals surface area (Å²) in [6.45, 7) is 8.27. The van der Waals surface area contributed by atoms with Gasteiger partial charge in [-0.2, -0.15) is 11.8 Å². The lowest BCUT2D eigenvalue weighted by Crippen LogP contribution is -2.34. The van der Waals surface area contributed by atoms with Crippen LogP contribution in [0.5, 0.6) is 0 Å². The maximum absolute atomic E-state index is 5.78. The molecule has 0 saturated heterocycles. The van der Waals surface area contributed by atoms with Crippen LogP contribution in [0, 0.1) is 0 Å². The van der Waals surface area contributed by atoms with Gasteiger partial charge in [0.05, 0.1) is 6.54 Å². The fraction of sp³-hybridized carbons (Fsp3) is 0.917. The van der Waals surface area contributed by atoms with E-state index in [0.717, 1.165) is 13.1 Å². The van der Waals surface area contributed by atoms with Crippen LogP contribution in [-0.4, -0.2) is 30.1 Å². The maximum Gasteiger partial charge on any atom is 0.188 e. The summed E-state index contributed by atoms with van der Waals surface area (Å²) in [7, 11) is 0. The highest BCUT2D eigenvalue weighted by Crippen LogP contribution is 2.20. The monoisotopic (exact) mass is 373 g/mol. The summed E-state index contributed by atoms with van der Waals surface area (Å²) in [6, 6.07) is 0. The maximum atomic E-state index is 5.78. The van der Waals surface area contributed by atoms with E-state index in [4.69, 9.17) is 5.73 Å². The SMILES string of the molecule is CCCCCCNC(N)=NCC(C)(C)SC.I. The predicted molar refractivity (Wildman–Crippen MR) is 91.6 cm³/mol. The molecule has 0 aliphatic heterocycles. The van der Waals surface area contributed by atoms with E-state index in [1.807, 2.05) is 11.8 Å². The number of aliphatic imine (C=N–C) groups is 1. The number of nitrogens with zero attached hydrogens (tertiary/aromatic N) is 1. The first kappa shape index (κ1) is 19.7. The highest BCUT2D eigenvalue weighted by molar-refractivity contribution is 14.0. The lowest BCUT2D eigenvalue weighted by atomic mass is 10.2. The van der Waals surface area contributed by atoms with Crippen molar-refractivity contribution in [3.8, 4) is 0 Å². The van der Waals surface area contributed by atoms with Gasteiger partial charge in [0.25, 0.3) is 0 Å². The first-order valence-corrected chi connectivity index (χ1v) is 7.33. The second-order valence-electron chi connectivity index (χ2n) is 4.65. The summed E-state index contributed by atoms with van der Waals surface area (Å²) in [5.41, 5.74) is 5.78. The Morgan fingerprint density at radius 1 is 1.29 bits per heavy atom. The van der Waals surface area contributed by atoms with Gasteiger partial charge in [-0.1, -0.05) is 26.2 Å². The van der Waals surface area contributed by atoms with Crippen LogP contribution in [0.3, 0.4) is 0 Å². The molecule has 0 radical (unpaired) electrons. The summed E-state index contributed by atoms with van der Waals surface area (Å²) in [4.78, 5) is 4.35. The first-order chi connectivity index (χ1) is 7.52. The first-order valence-electron chi connectivity index (χ1n) is 6.11. The molecular formula is C12H28IN3S. The minimum atomic E-state index is 0. The third kappa shape index (κ3) is 12.6. The molecule has 3 N–H and O–H groups in total. The highest BCUT2D eigenvalue weighted by atomic mass is 127. The molecule has 0 unspecified atom stereocenters. The highest BCUT2D eigenvalue weighted by Gasteiger charge is 2.14. The number of halogens is 1. The molecule has 0 fully saturated rings. The molecule has 0 aromatic rings. The molecule has 0 spiro atoms. The molecule has 17 heavy (non-hydrogen) atoms. The van der Waals surface area contributed by atoms with Gasteiger partial charge in [0.1, 0.15) is 0 Å². The molecule has 3 nitrogen and oxygen atoms in total. The lowest BCUT2D eigenvalue weighted by molar-refractivity contribution is 0.650. The van der Waals surface area contributed by atoms with Crippen molar-refractivity contribution in [2.24, 2.45) is 10.7 Å². The van der Waals surface area contributed by atoms with Crippen molar-refractivity contribution in [3.05, 3.63) is 0 Å². The second kappa shape index (κ2) is 11.4. The average molecular weight is 373 g/mol. The van der Waals surface area contributed by atoms with Crippen molar-refractivity contribution in [2.45, 2.75) is 51.2 Å². The topological polar surface area (TPSA) is 50.4 Å². The van der Waals surface area contributed by atoms with E-state index in [-0.39, 0.29) is 28.7 Å². The van der Waals surface area contributed by atoms with Crippen molar-refractivity contribution < 1.29 is 0 Å². The number of nitrogens with one attached hydrogen (secondary N) is 1. The zero-order valence-electron chi connectivity index (χ0n) is 11.6. The van der Waals surface area contributed by atoms with Crippen LogP contribution >= 0.6 is 35.7 Å². The number of thioether (sulfide) groups is 1. The van der Waals surface area contributed by atoms with Crippen LogP contribution in [0.15, 0.2) is 4.99 Å². The number of hydrogen-bond acceptors (Lipinski definition) is 2. The van der Waals surface area contributed by atoms with Crippen molar-refractivity contribution in [2.75, 3.05) is 19.3 Å². The summed E-state index contributed by atoms with van der Waals surface area (Å²) < 4.78 is 0.175. The summed E-state index contributed by atoms with van der Waals surface area (Å²) >= 11 is 1.81. The minimum absolute atomic E-state index is 0. The quantitative estimate of drug-likeness (QED) is 0.297. The Morgan fingerprint density at radius 3 is 2.47 bits per heavy atom. The van der Waals surface area contributed by atoms with E-state index in [1.54, 1.807) is 0 Å². The Labute approximate surface area is 128 Å². The number of rotatable bonds is 8. The number of guanidine groups is 1. The molecule has 104 valence electrons. The summed E-state index contributed by atoms with van der Waals surface area (Å²) in [6.07, 6.45) is 7.12. The number of nitrogens with two attached hydrogens (primary N) is 1. The van der Waals surface area contributed by atoms with Gasteiger partial charge in [0.15, 0.2) is 5.96 Å². The minimum Gasteiger partial charge on any atom is -0.370 e. The fourth-order valence-electron chi connectivity index (χ4n) is 1.16. The second-order valence-corrected chi connectivity index (χ2v) is 6.17. The van der Waals surface area contributed by atoms with Crippen molar-refractivity contribution in [3.63, 3.8) is 0 Å². The van der Waals surface area contributed by atoms with E-state index >= 15 is 0 Å². The fourth-order valence-corrected chi connectivity index (χ4v) is 1.36. The van der Waals surface area contributed by atoms with E-state index in [9.17, 15) is 0 Å². The van der Waals surface area contributed by atoms with Gasteiger partial charge < -0.3 is 11.1 Å². The van der Waals surface area contributed by atoms with Gasteiger partial charge in [0.2, 0.25) is 0 Å². The molecule has 0 aromatic carbocycles. The molecule has 0 amide bonds. The Morgan fingerprint density at radius 2 is 1.94 bits per heavy atom. The number of unbranched alkanes of at least 4 members (excludes halogenated alkanes) is 3. The number of hydrogen-bond donors (Lipinski definition) is 2. The van der Waals surface area contributed by atoms with Crippen LogP contribution in [-0.2, 0) is 0 Å². The molecule has 0 heterocycles. The van der Waals surface area contributed by atoms with Crippen LogP contribution in [0.4, 0.5) is 0 Å². The van der Waals surface area contributed by atoms with E-state index in [1.165, 1.54) is 25.7 Å². The molecule has 0 bridgehead atoms. The van der Waals surface area contributed by atoms with Gasteiger partial charge >= 0.3 is 0 Å². The molecule has 0 rings (SSSR count). The predicted octanol–water partition coefficient (Wildman–Crippen LogP) is 3.23. The van der Waals surface area contributed by atoms with E-state index in [0.29, 0.717) is 5.96 Å². The summed E-state index contributed by atoms with van der Waals surface area (Å²) in [5, 5.41) is 3.16. The van der Waals surface area contributed by atoms with Gasteiger partial charge in [0, 0.05) is 11.3 Å². The van der Waals surface area contributed by atoms with Gasteiger partial charge in [-0.25, -0.2) is 0 Å². The van der Waals surface area contributed by atoms with Crippen molar-refractivity contribution in [1.29, 1.82) is 0 Å². The molecule has 0 aromatic heterocycles. The van der Waals surface area contributed by atoms with E-state index < -0.39 is 0 Å². The smallest absolute Gasteiger partial charge is 0.188 e. The third-order valence-corrected chi connectivity index (χ3v) is 3.75. The average Bonchev–Trinajstić information content (AvgIpc) is 2.26. The normalized spacial score (nSPS) is 12.1. The zero-order chi connectivity index (χ0) is 12.4. The molecule has 0 aliphatic rings. The lowest BCUT2D eigenvalue weighted by Gasteiger charge is -2.19. The van der Waals surface area contributed by atoms with E-state index in [2.05, 4.69) is 37.3 Å². The van der Waals surface area contributed by atoms with Crippen LogP contribution in [0.2, 0.25) is 0 Å². The Hall–Kier alpha value is 0.350. The standard InChI is InChI=1S/C12H27N3S.HI/c1-5-6-7-8-9-14-11(13)15-10-12(2,3)16-4;/h5-10H2,1-4H3,(H3,13,14,15);1H. The Balaban J connectivity index is 0. The largest absolute Gasteiger partial charge is 0.370 e. The molecule has 0 aliphatic carbocycles. The van der Waals surface area contributed by atoms with Crippen LogP contribution in [0.25, 0.3) is 0 Å². The molecular weight excluding hydrogens is 345 g/mol. The van der Waals surface area contributed by atoms with Crippen LogP contribution < -0.4 is 11.1 Å². The van der Waals surface area contributed by atoms with Gasteiger partial charge in [-0.3, -0.25) is 4.99 Å². The van der Waals surface area contributed by atoms with Gasteiger partial charge in [-0.15, -0.1) is 24.0 Å². The third-order valence-electron chi connectivity index (χ3n) is 2.52. The summed E-state index contributed by atoms with van der Waals surface area (Å²) in [5.74, 6) is 0.582. The zero-order valence-corrected chi connectivity index (χ0v) is 14.7. The Kier molecular flexibility index (Phi) is 13.2. The molecule has 0 saturated carbocycles. The molecule has 5 heteroatoms. The van der Waals surface area contributed by atoms with Crippen molar-refractivity contribution in [1.82, 2.24) is 5.32 Å².